The number of rotatable bonds is 3. The van der Waals surface area contributed by atoms with Crippen LogP contribution in [-0.4, -0.2) is 35.3 Å². The van der Waals surface area contributed by atoms with Crippen LogP contribution in [0.25, 0.3) is 22.4 Å². The lowest BCUT2D eigenvalue weighted by Crippen LogP contribution is -2.01. The highest BCUT2D eigenvalue weighted by Crippen LogP contribution is 2.32. The summed E-state index contributed by atoms with van der Waals surface area (Å²) in [4.78, 5) is 19.4. The molecule has 0 radical (unpaired) electrons. The van der Waals surface area contributed by atoms with Crippen molar-refractivity contribution in [1.29, 1.82) is 0 Å². The van der Waals surface area contributed by atoms with Crippen molar-refractivity contribution >= 4 is 17.0 Å². The summed E-state index contributed by atoms with van der Waals surface area (Å²) in [7, 11) is 2.85. The lowest BCUT2D eigenvalue weighted by Gasteiger charge is -2.06. The third kappa shape index (κ3) is 2.24. The number of esters is 1. The van der Waals surface area contributed by atoms with E-state index in [0.717, 1.165) is 0 Å². The molecule has 0 saturated carbocycles. The van der Waals surface area contributed by atoms with Crippen molar-refractivity contribution in [3.05, 3.63) is 42.0 Å². The van der Waals surface area contributed by atoms with E-state index in [1.165, 1.54) is 20.3 Å². The summed E-state index contributed by atoms with van der Waals surface area (Å²) in [5, 5.41) is 9.53. The number of aromatic amines is 1. The summed E-state index contributed by atoms with van der Waals surface area (Å²) in [5.74, 6) is 0.690. The summed E-state index contributed by atoms with van der Waals surface area (Å²) in [6, 6.07) is 9.99. The average molecular weight is 298 g/mol. The van der Waals surface area contributed by atoms with Crippen molar-refractivity contribution in [2.45, 2.75) is 0 Å². The van der Waals surface area contributed by atoms with Crippen LogP contribution < -0.4 is 4.74 Å². The highest BCUT2D eigenvalue weighted by atomic mass is 16.5. The fraction of sp³-hybridized carbons (Fsp3) is 0.125. The number of aromatic nitrogens is 2. The van der Waals surface area contributed by atoms with E-state index in [4.69, 9.17) is 9.47 Å². The molecular weight excluding hydrogens is 284 g/mol. The quantitative estimate of drug-likeness (QED) is 0.726. The van der Waals surface area contributed by atoms with Crippen LogP contribution in [0.3, 0.4) is 0 Å². The lowest BCUT2D eigenvalue weighted by molar-refractivity contribution is 0.0603. The molecule has 112 valence electrons. The third-order valence-electron chi connectivity index (χ3n) is 3.36. The molecule has 1 aromatic heterocycles. The van der Waals surface area contributed by atoms with Gasteiger partial charge in [0.25, 0.3) is 0 Å². The summed E-state index contributed by atoms with van der Waals surface area (Å²) in [6.07, 6.45) is 0. The van der Waals surface area contributed by atoms with Gasteiger partial charge in [0.15, 0.2) is 0 Å². The topological polar surface area (TPSA) is 84.4 Å². The van der Waals surface area contributed by atoms with Gasteiger partial charge in [-0.2, -0.15) is 0 Å². The van der Waals surface area contributed by atoms with Gasteiger partial charge < -0.3 is 19.6 Å². The van der Waals surface area contributed by atoms with Gasteiger partial charge in [0.1, 0.15) is 22.8 Å². The second kappa shape index (κ2) is 5.40. The number of hydrogen-bond donors (Lipinski definition) is 2. The van der Waals surface area contributed by atoms with E-state index in [9.17, 15) is 9.90 Å². The van der Waals surface area contributed by atoms with Crippen molar-refractivity contribution in [3.8, 4) is 22.9 Å². The van der Waals surface area contributed by atoms with Crippen LogP contribution in [0.1, 0.15) is 10.4 Å². The Kier molecular flexibility index (Phi) is 3.42. The van der Waals surface area contributed by atoms with Gasteiger partial charge in [-0.15, -0.1) is 0 Å². The van der Waals surface area contributed by atoms with Crippen LogP contribution in [0.4, 0.5) is 0 Å². The van der Waals surface area contributed by atoms with Crippen LogP contribution >= 0.6 is 0 Å². The predicted octanol–water partition coefficient (Wildman–Crippen LogP) is 2.73. The number of para-hydroxylation sites is 1. The number of benzene rings is 2. The number of hydrogen-bond acceptors (Lipinski definition) is 5. The SMILES string of the molecule is COC(=O)c1cccc2[nH]c(-c3ccc(O)cc3OC)nc12. The van der Waals surface area contributed by atoms with E-state index < -0.39 is 5.97 Å². The number of aromatic hydroxyl groups is 1. The number of fused-ring (bicyclic) bond motifs is 1. The van der Waals surface area contributed by atoms with Gasteiger partial charge in [0.05, 0.1) is 30.9 Å². The maximum atomic E-state index is 11.8. The monoisotopic (exact) mass is 298 g/mol. The van der Waals surface area contributed by atoms with Gasteiger partial charge in [-0.1, -0.05) is 6.07 Å². The third-order valence-corrected chi connectivity index (χ3v) is 3.36. The maximum absolute atomic E-state index is 11.8. The first kappa shape index (κ1) is 13.9. The number of carbonyl (C=O) groups is 1. The van der Waals surface area contributed by atoms with Crippen LogP contribution in [0.2, 0.25) is 0 Å². The maximum Gasteiger partial charge on any atom is 0.340 e. The molecule has 0 aliphatic rings. The molecule has 3 rings (SSSR count). The number of carbonyl (C=O) groups excluding carboxylic acids is 1. The zero-order chi connectivity index (χ0) is 15.7. The van der Waals surface area contributed by atoms with Gasteiger partial charge in [-0.3, -0.25) is 0 Å². The minimum atomic E-state index is -0.443. The molecule has 0 atom stereocenters. The Bertz CT molecular complexity index is 854. The highest BCUT2D eigenvalue weighted by molar-refractivity contribution is 6.02. The minimum Gasteiger partial charge on any atom is -0.508 e. The van der Waals surface area contributed by atoms with Gasteiger partial charge in [-0.25, -0.2) is 9.78 Å². The second-order valence-corrected chi connectivity index (χ2v) is 4.66. The van der Waals surface area contributed by atoms with Crippen LogP contribution in [0.15, 0.2) is 36.4 Å². The molecule has 0 aliphatic carbocycles. The van der Waals surface area contributed by atoms with E-state index in [1.54, 1.807) is 24.3 Å². The van der Waals surface area contributed by atoms with Crippen molar-refractivity contribution in [1.82, 2.24) is 9.97 Å². The molecular formula is C16H14N2O4. The zero-order valence-corrected chi connectivity index (χ0v) is 12.1. The molecule has 0 aliphatic heterocycles. The van der Waals surface area contributed by atoms with Crippen LogP contribution in [-0.2, 0) is 4.74 Å². The van der Waals surface area contributed by atoms with Gasteiger partial charge in [0, 0.05) is 6.07 Å². The van der Waals surface area contributed by atoms with E-state index in [-0.39, 0.29) is 5.75 Å². The lowest BCUT2D eigenvalue weighted by atomic mass is 10.2. The number of phenols is 1. The van der Waals surface area contributed by atoms with Crippen molar-refractivity contribution in [3.63, 3.8) is 0 Å². The van der Waals surface area contributed by atoms with Crippen molar-refractivity contribution < 1.29 is 19.4 Å². The molecule has 2 N–H and O–H groups in total. The fourth-order valence-corrected chi connectivity index (χ4v) is 2.31. The fourth-order valence-electron chi connectivity index (χ4n) is 2.31. The first-order chi connectivity index (χ1) is 10.6. The van der Waals surface area contributed by atoms with E-state index in [0.29, 0.717) is 33.7 Å². The Morgan fingerprint density at radius 3 is 2.77 bits per heavy atom. The van der Waals surface area contributed by atoms with E-state index in [1.807, 2.05) is 6.07 Å². The molecule has 2 aromatic carbocycles. The summed E-state index contributed by atoms with van der Waals surface area (Å²) in [6.45, 7) is 0. The Morgan fingerprint density at radius 1 is 1.23 bits per heavy atom. The summed E-state index contributed by atoms with van der Waals surface area (Å²) in [5.41, 5.74) is 2.32. The largest absolute Gasteiger partial charge is 0.508 e. The van der Waals surface area contributed by atoms with Crippen LogP contribution in [0.5, 0.6) is 11.5 Å². The molecule has 6 nitrogen and oxygen atoms in total. The number of phenolic OH excluding ortho intramolecular Hbond substituents is 1. The molecule has 3 aromatic rings. The molecule has 0 bridgehead atoms. The van der Waals surface area contributed by atoms with Crippen LogP contribution in [0, 0.1) is 0 Å². The second-order valence-electron chi connectivity index (χ2n) is 4.66. The molecule has 1 heterocycles. The molecule has 0 unspecified atom stereocenters. The van der Waals surface area contributed by atoms with E-state index in [2.05, 4.69) is 9.97 Å². The average Bonchev–Trinajstić information content (AvgIpc) is 2.97. The van der Waals surface area contributed by atoms with Gasteiger partial charge >= 0.3 is 5.97 Å². The van der Waals surface area contributed by atoms with Crippen molar-refractivity contribution in [2.24, 2.45) is 0 Å². The molecule has 6 heteroatoms. The standard InChI is InChI=1S/C16H14N2O4/c1-21-13-8-9(19)6-7-10(13)15-17-12-5-3-4-11(14(12)18-15)16(20)22-2/h3-8,19H,1-2H3,(H,17,18). The summed E-state index contributed by atoms with van der Waals surface area (Å²) < 4.78 is 10.0. The number of nitrogens with zero attached hydrogens (tertiary/aromatic N) is 1. The molecule has 0 amide bonds. The Balaban J connectivity index is 2.19. The molecule has 0 fully saturated rings. The van der Waals surface area contributed by atoms with Gasteiger partial charge in [-0.05, 0) is 24.3 Å². The van der Waals surface area contributed by atoms with Gasteiger partial charge in [0.2, 0.25) is 0 Å². The number of H-pyrrole nitrogens is 1. The first-order valence-electron chi connectivity index (χ1n) is 6.58. The Hall–Kier alpha value is -3.02. The van der Waals surface area contributed by atoms with Crippen molar-refractivity contribution in [2.75, 3.05) is 14.2 Å². The predicted molar refractivity (Wildman–Crippen MR) is 81.1 cm³/mol. The smallest absolute Gasteiger partial charge is 0.340 e. The molecule has 22 heavy (non-hydrogen) atoms. The summed E-state index contributed by atoms with van der Waals surface area (Å²) >= 11 is 0. The number of methoxy groups -OCH3 is 2. The normalized spacial score (nSPS) is 10.6. The Labute approximate surface area is 126 Å². The number of nitrogens with one attached hydrogen (secondary N) is 1. The molecule has 0 saturated heterocycles. The minimum absolute atomic E-state index is 0.104. The number of imidazole rings is 1. The zero-order valence-electron chi connectivity index (χ0n) is 12.1. The number of ether oxygens (including phenoxy) is 2. The highest BCUT2D eigenvalue weighted by Gasteiger charge is 2.16. The molecule has 0 spiro atoms. The Morgan fingerprint density at radius 2 is 2.05 bits per heavy atom. The first-order valence-corrected chi connectivity index (χ1v) is 6.58. The van der Waals surface area contributed by atoms with E-state index >= 15 is 0 Å².